The van der Waals surface area contributed by atoms with Gasteiger partial charge in [0.15, 0.2) is 5.96 Å². The van der Waals surface area contributed by atoms with Gasteiger partial charge in [-0.05, 0) is 53.0 Å². The molecule has 0 aliphatic carbocycles. The normalized spacial score (nSPS) is 12.6. The lowest BCUT2D eigenvalue weighted by molar-refractivity contribution is 0.0939. The summed E-state index contributed by atoms with van der Waals surface area (Å²) in [5, 5.41) is 6.36. The maximum absolute atomic E-state index is 12.2. The number of guanidine groups is 1. The number of carbonyl (C=O) groups excluding carboxylic acids is 1. The first-order valence-corrected chi connectivity index (χ1v) is 10.3. The fourth-order valence-corrected chi connectivity index (χ4v) is 3.36. The van der Waals surface area contributed by atoms with E-state index in [0.29, 0.717) is 12.1 Å². The molecule has 1 aromatic carbocycles. The first kappa shape index (κ1) is 22.0. The zero-order valence-electron chi connectivity index (χ0n) is 17.3. The Labute approximate surface area is 176 Å². The van der Waals surface area contributed by atoms with Gasteiger partial charge in [0.25, 0.3) is 5.91 Å². The molecule has 28 heavy (non-hydrogen) atoms. The summed E-state index contributed by atoms with van der Waals surface area (Å²) in [6, 6.07) is 9.95. The molecule has 0 aliphatic rings. The first-order valence-electron chi connectivity index (χ1n) is 9.46. The van der Waals surface area contributed by atoms with Gasteiger partial charge in [-0.1, -0.05) is 19.1 Å². The molecule has 0 bridgehead atoms. The van der Waals surface area contributed by atoms with E-state index in [1.54, 1.807) is 7.05 Å². The van der Waals surface area contributed by atoms with Gasteiger partial charge in [-0.15, -0.1) is 0 Å². The number of hydrogen-bond donors (Lipinski definition) is 2. The Hall–Kier alpha value is -2.28. The predicted molar refractivity (Wildman–Crippen MR) is 118 cm³/mol. The Morgan fingerprint density at radius 1 is 1.32 bits per heavy atom. The van der Waals surface area contributed by atoms with E-state index in [1.165, 1.54) is 5.69 Å². The molecule has 1 atom stereocenters. The van der Waals surface area contributed by atoms with Gasteiger partial charge in [-0.3, -0.25) is 9.79 Å². The molecule has 0 radical (unpaired) electrons. The van der Waals surface area contributed by atoms with Crippen molar-refractivity contribution in [3.8, 4) is 0 Å². The van der Waals surface area contributed by atoms with Crippen molar-refractivity contribution in [2.24, 2.45) is 12.0 Å². The van der Waals surface area contributed by atoms with Crippen LogP contribution >= 0.6 is 15.9 Å². The number of halogens is 1. The Morgan fingerprint density at radius 3 is 2.54 bits per heavy atom. The van der Waals surface area contributed by atoms with Crippen LogP contribution in [0.1, 0.15) is 41.9 Å². The van der Waals surface area contributed by atoms with Crippen LogP contribution in [0.5, 0.6) is 0 Å². The van der Waals surface area contributed by atoms with Crippen molar-refractivity contribution in [2.45, 2.75) is 39.4 Å². The van der Waals surface area contributed by atoms with Crippen LogP contribution in [0.3, 0.4) is 0 Å². The lowest BCUT2D eigenvalue weighted by atomic mass is 10.1. The summed E-state index contributed by atoms with van der Waals surface area (Å²) in [7, 11) is 5.82. The van der Waals surface area contributed by atoms with Crippen LogP contribution < -0.4 is 10.6 Å². The second kappa shape index (κ2) is 10.3. The number of benzene rings is 1. The summed E-state index contributed by atoms with van der Waals surface area (Å²) in [5.74, 6) is 0.786. The van der Waals surface area contributed by atoms with E-state index in [-0.39, 0.29) is 11.9 Å². The van der Waals surface area contributed by atoms with Crippen LogP contribution in [0.2, 0.25) is 0 Å². The Bertz CT molecular complexity index is 813. The van der Waals surface area contributed by atoms with E-state index in [9.17, 15) is 4.79 Å². The molecular weight excluding hydrogens is 418 g/mol. The van der Waals surface area contributed by atoms with Crippen molar-refractivity contribution in [1.82, 2.24) is 20.1 Å². The van der Waals surface area contributed by atoms with Gasteiger partial charge in [0.1, 0.15) is 0 Å². The smallest absolute Gasteiger partial charge is 0.251 e. The molecule has 1 heterocycles. The summed E-state index contributed by atoms with van der Waals surface area (Å²) < 4.78 is 3.16. The van der Waals surface area contributed by atoms with Crippen LogP contribution in [0.4, 0.5) is 0 Å². The molecule has 2 rings (SSSR count). The zero-order valence-corrected chi connectivity index (χ0v) is 18.9. The average Bonchev–Trinajstić information content (AvgIpc) is 2.99. The van der Waals surface area contributed by atoms with Gasteiger partial charge >= 0.3 is 0 Å². The van der Waals surface area contributed by atoms with Gasteiger partial charge in [-0.25, -0.2) is 0 Å². The van der Waals surface area contributed by atoms with Crippen molar-refractivity contribution in [1.29, 1.82) is 0 Å². The average molecular weight is 448 g/mol. The summed E-state index contributed by atoms with van der Waals surface area (Å²) in [6.45, 7) is 5.45. The Morgan fingerprint density at radius 2 is 2.00 bits per heavy atom. The molecule has 152 valence electrons. The third-order valence-electron chi connectivity index (χ3n) is 4.70. The highest BCUT2D eigenvalue weighted by molar-refractivity contribution is 9.10. The number of aryl methyl sites for hydroxylation is 1. The maximum Gasteiger partial charge on any atom is 0.251 e. The maximum atomic E-state index is 12.2. The minimum atomic E-state index is -0.0295. The summed E-state index contributed by atoms with van der Waals surface area (Å²) >= 11 is 3.51. The van der Waals surface area contributed by atoms with E-state index in [1.807, 2.05) is 51.5 Å². The lowest BCUT2D eigenvalue weighted by Gasteiger charge is -2.22. The molecule has 1 unspecified atom stereocenters. The van der Waals surface area contributed by atoms with Crippen LogP contribution in [-0.4, -0.2) is 41.5 Å². The molecule has 1 aromatic heterocycles. The third kappa shape index (κ3) is 6.12. The molecule has 6 nitrogen and oxygen atoms in total. The third-order valence-corrected chi connectivity index (χ3v) is 5.14. The molecular formula is C21H30BrN5O. The molecule has 0 spiro atoms. The minimum Gasteiger partial charge on any atom is -0.352 e. The second-order valence-electron chi connectivity index (χ2n) is 7.00. The van der Waals surface area contributed by atoms with E-state index in [0.717, 1.165) is 29.0 Å². The highest BCUT2D eigenvalue weighted by Gasteiger charge is 2.11. The van der Waals surface area contributed by atoms with Gasteiger partial charge in [0.2, 0.25) is 0 Å². The fraction of sp³-hybridized carbons (Fsp3) is 0.429. The van der Waals surface area contributed by atoms with Crippen molar-refractivity contribution in [2.75, 3.05) is 14.1 Å². The molecule has 0 saturated carbocycles. The summed E-state index contributed by atoms with van der Waals surface area (Å²) in [4.78, 5) is 18.6. The van der Waals surface area contributed by atoms with Gasteiger partial charge < -0.3 is 20.1 Å². The van der Waals surface area contributed by atoms with Crippen molar-refractivity contribution in [3.05, 3.63) is 57.8 Å². The molecule has 0 fully saturated rings. The van der Waals surface area contributed by atoms with E-state index in [4.69, 9.17) is 0 Å². The molecule has 0 saturated heterocycles. The molecule has 2 aromatic rings. The highest BCUT2D eigenvalue weighted by atomic mass is 79.9. The van der Waals surface area contributed by atoms with Crippen molar-refractivity contribution < 1.29 is 4.79 Å². The number of hydrogen-bond acceptors (Lipinski definition) is 2. The summed E-state index contributed by atoms with van der Waals surface area (Å²) in [5.41, 5.74) is 2.96. The number of aromatic nitrogens is 1. The fourth-order valence-electron chi connectivity index (χ4n) is 2.79. The Balaban J connectivity index is 1.92. The quantitative estimate of drug-likeness (QED) is 0.504. The van der Waals surface area contributed by atoms with Crippen LogP contribution in [0.15, 0.2) is 46.0 Å². The zero-order chi connectivity index (χ0) is 20.7. The number of amides is 1. The number of carbonyl (C=O) groups is 1. The lowest BCUT2D eigenvalue weighted by Crippen LogP contribution is -2.38. The number of rotatable bonds is 7. The molecule has 1 amide bonds. The number of aliphatic imine (C=N–C) groups is 1. The van der Waals surface area contributed by atoms with Crippen LogP contribution in [0.25, 0.3) is 0 Å². The van der Waals surface area contributed by atoms with Crippen molar-refractivity contribution in [3.63, 3.8) is 0 Å². The van der Waals surface area contributed by atoms with Gasteiger partial charge in [-0.2, -0.15) is 0 Å². The minimum absolute atomic E-state index is 0.0295. The molecule has 7 heteroatoms. The van der Waals surface area contributed by atoms with E-state index < -0.39 is 0 Å². The van der Waals surface area contributed by atoms with Gasteiger partial charge in [0, 0.05) is 55.7 Å². The highest BCUT2D eigenvalue weighted by Crippen LogP contribution is 2.15. The van der Waals surface area contributed by atoms with Crippen molar-refractivity contribution >= 4 is 27.8 Å². The Kier molecular flexibility index (Phi) is 8.11. The van der Waals surface area contributed by atoms with Crippen LogP contribution in [-0.2, 0) is 20.1 Å². The largest absolute Gasteiger partial charge is 0.352 e. The van der Waals surface area contributed by atoms with Crippen LogP contribution in [0, 0.1) is 0 Å². The topological polar surface area (TPSA) is 61.7 Å². The summed E-state index contributed by atoms with van der Waals surface area (Å²) in [6.07, 6.45) is 2.96. The first-order chi connectivity index (χ1) is 13.3. The monoisotopic (exact) mass is 447 g/mol. The predicted octanol–water partition coefficient (Wildman–Crippen LogP) is 3.52. The van der Waals surface area contributed by atoms with Gasteiger partial charge in [0.05, 0.1) is 6.54 Å². The second-order valence-corrected chi connectivity index (χ2v) is 7.91. The SMILES string of the molecule is CCC(C)NC(=O)c1ccc(CNC(=NC)N(C)Cc2cc(Br)cn2C)cc1. The molecule has 0 aliphatic heterocycles. The number of nitrogens with one attached hydrogen (secondary N) is 2. The van der Waals surface area contributed by atoms with E-state index >= 15 is 0 Å². The van der Waals surface area contributed by atoms with E-state index in [2.05, 4.69) is 54.0 Å². The number of nitrogens with zero attached hydrogens (tertiary/aromatic N) is 3. The standard InChI is InChI=1S/C21H30BrN5O/c1-6-15(2)25-20(28)17-9-7-16(8-10-17)12-24-21(23-3)27(5)14-19-11-18(22)13-26(19)4/h7-11,13,15H,6,12,14H2,1-5H3,(H,23,24)(H,25,28). The molecule has 2 N–H and O–H groups in total.